The normalized spacial score (nSPS) is 21.5. The van der Waals surface area contributed by atoms with E-state index in [-0.39, 0.29) is 5.91 Å². The standard InChI is InChI=1S/C17H20N2O3/c1-17(16(21)22)7-8-19(11-17)15(20)9-12-10-18(2)14-6-4-3-5-13(12)14/h3-6,10H,7-9,11H2,1-2H3,(H,21,22). The highest BCUT2D eigenvalue weighted by molar-refractivity contribution is 5.90. The first kappa shape index (κ1) is 14.6. The van der Waals surface area contributed by atoms with Crippen molar-refractivity contribution in [2.75, 3.05) is 13.1 Å². The van der Waals surface area contributed by atoms with Gasteiger partial charge < -0.3 is 14.6 Å². The zero-order chi connectivity index (χ0) is 15.9. The van der Waals surface area contributed by atoms with Crippen molar-refractivity contribution in [3.8, 4) is 0 Å². The molecule has 1 unspecified atom stereocenters. The number of aryl methyl sites for hydroxylation is 1. The molecule has 1 aromatic heterocycles. The number of amides is 1. The third-order valence-corrected chi connectivity index (χ3v) is 4.66. The Morgan fingerprint density at radius 2 is 2.05 bits per heavy atom. The number of carbonyl (C=O) groups is 2. The van der Waals surface area contributed by atoms with E-state index in [1.165, 1.54) is 0 Å². The lowest BCUT2D eigenvalue weighted by Gasteiger charge is -2.20. The summed E-state index contributed by atoms with van der Waals surface area (Å²) in [6, 6.07) is 7.99. The first-order chi connectivity index (χ1) is 10.4. The van der Waals surface area contributed by atoms with E-state index in [2.05, 4.69) is 0 Å². The molecule has 0 aliphatic carbocycles. The van der Waals surface area contributed by atoms with Crippen LogP contribution in [0.2, 0.25) is 0 Å². The van der Waals surface area contributed by atoms with Crippen molar-refractivity contribution in [3.63, 3.8) is 0 Å². The van der Waals surface area contributed by atoms with Crippen molar-refractivity contribution >= 4 is 22.8 Å². The third kappa shape index (κ3) is 2.36. The van der Waals surface area contributed by atoms with Gasteiger partial charge in [-0.3, -0.25) is 9.59 Å². The Hall–Kier alpha value is -2.30. The number of carboxylic acid groups (broad SMARTS) is 1. The minimum absolute atomic E-state index is 0.00123. The fourth-order valence-corrected chi connectivity index (χ4v) is 3.19. The van der Waals surface area contributed by atoms with Crippen molar-refractivity contribution in [2.24, 2.45) is 12.5 Å². The van der Waals surface area contributed by atoms with E-state index in [9.17, 15) is 14.7 Å². The van der Waals surface area contributed by atoms with Gasteiger partial charge in [0.2, 0.25) is 5.91 Å². The third-order valence-electron chi connectivity index (χ3n) is 4.66. The average molecular weight is 300 g/mol. The summed E-state index contributed by atoms with van der Waals surface area (Å²) < 4.78 is 2.02. The summed E-state index contributed by atoms with van der Waals surface area (Å²) in [6.45, 7) is 2.53. The molecule has 1 aliphatic rings. The number of likely N-dealkylation sites (tertiary alicyclic amines) is 1. The topological polar surface area (TPSA) is 62.5 Å². The number of fused-ring (bicyclic) bond motifs is 1. The number of hydrogen-bond acceptors (Lipinski definition) is 2. The van der Waals surface area contributed by atoms with Gasteiger partial charge in [0.1, 0.15) is 0 Å². The maximum absolute atomic E-state index is 12.5. The van der Waals surface area contributed by atoms with Gasteiger partial charge in [0.05, 0.1) is 11.8 Å². The van der Waals surface area contributed by atoms with Crippen LogP contribution in [0.5, 0.6) is 0 Å². The number of rotatable bonds is 3. The molecule has 1 amide bonds. The average Bonchev–Trinajstić information content (AvgIpc) is 3.03. The molecule has 1 fully saturated rings. The second-order valence-electron chi connectivity index (χ2n) is 6.39. The SMILES string of the molecule is Cn1cc(CC(=O)N2CCC(C)(C(=O)O)C2)c2ccccc21. The Morgan fingerprint density at radius 3 is 2.73 bits per heavy atom. The van der Waals surface area contributed by atoms with Crippen LogP contribution in [0.15, 0.2) is 30.5 Å². The van der Waals surface area contributed by atoms with Gasteiger partial charge in [0.25, 0.3) is 0 Å². The summed E-state index contributed by atoms with van der Waals surface area (Å²) in [6.07, 6.45) is 2.82. The fraction of sp³-hybridized carbons (Fsp3) is 0.412. The molecule has 2 heterocycles. The van der Waals surface area contributed by atoms with E-state index in [0.29, 0.717) is 25.9 Å². The molecule has 1 aromatic carbocycles. The van der Waals surface area contributed by atoms with Crippen LogP contribution in [0, 0.1) is 5.41 Å². The number of aliphatic carboxylic acids is 1. The number of carboxylic acids is 1. The van der Waals surface area contributed by atoms with E-state index >= 15 is 0 Å². The van der Waals surface area contributed by atoms with Gasteiger partial charge in [0.15, 0.2) is 0 Å². The molecule has 2 aromatic rings. The molecule has 3 rings (SSSR count). The van der Waals surface area contributed by atoms with Crippen LogP contribution >= 0.6 is 0 Å². The highest BCUT2D eigenvalue weighted by Gasteiger charge is 2.42. The number of nitrogens with zero attached hydrogens (tertiary/aromatic N) is 2. The quantitative estimate of drug-likeness (QED) is 0.943. The molecule has 22 heavy (non-hydrogen) atoms. The summed E-state index contributed by atoms with van der Waals surface area (Å²) >= 11 is 0. The first-order valence-corrected chi connectivity index (χ1v) is 7.45. The maximum Gasteiger partial charge on any atom is 0.311 e. The van der Waals surface area contributed by atoms with Gasteiger partial charge in [-0.2, -0.15) is 0 Å². The van der Waals surface area contributed by atoms with Crippen LogP contribution < -0.4 is 0 Å². The van der Waals surface area contributed by atoms with Crippen LogP contribution in [0.3, 0.4) is 0 Å². The molecule has 5 nitrogen and oxygen atoms in total. The summed E-state index contributed by atoms with van der Waals surface area (Å²) in [5.41, 5.74) is 1.28. The highest BCUT2D eigenvalue weighted by Crippen LogP contribution is 2.31. The lowest BCUT2D eigenvalue weighted by atomic mass is 9.90. The first-order valence-electron chi connectivity index (χ1n) is 7.45. The molecule has 116 valence electrons. The molecular weight excluding hydrogens is 280 g/mol. The van der Waals surface area contributed by atoms with Gasteiger partial charge in [-0.05, 0) is 25.0 Å². The minimum atomic E-state index is -0.826. The van der Waals surface area contributed by atoms with E-state index in [4.69, 9.17) is 0 Å². The molecule has 5 heteroatoms. The molecule has 0 radical (unpaired) electrons. The number of para-hydroxylation sites is 1. The zero-order valence-corrected chi connectivity index (χ0v) is 12.9. The van der Waals surface area contributed by atoms with E-state index in [0.717, 1.165) is 16.5 Å². The Morgan fingerprint density at radius 1 is 1.32 bits per heavy atom. The second-order valence-corrected chi connectivity index (χ2v) is 6.39. The lowest BCUT2D eigenvalue weighted by molar-refractivity contribution is -0.147. The Labute approximate surface area is 129 Å². The smallest absolute Gasteiger partial charge is 0.311 e. The predicted molar refractivity (Wildman–Crippen MR) is 83.6 cm³/mol. The Balaban J connectivity index is 1.79. The highest BCUT2D eigenvalue weighted by atomic mass is 16.4. The molecule has 0 spiro atoms. The van der Waals surface area contributed by atoms with Crippen molar-refractivity contribution in [2.45, 2.75) is 19.8 Å². The molecule has 1 atom stereocenters. The number of aromatic nitrogens is 1. The predicted octanol–water partition coefficient (Wildman–Crippen LogP) is 2.04. The van der Waals surface area contributed by atoms with E-state index < -0.39 is 11.4 Å². The Kier molecular flexibility index (Phi) is 3.43. The van der Waals surface area contributed by atoms with Gasteiger partial charge in [-0.15, -0.1) is 0 Å². The van der Waals surface area contributed by atoms with Crippen LogP contribution in [-0.4, -0.2) is 39.5 Å². The lowest BCUT2D eigenvalue weighted by Crippen LogP contribution is -2.35. The molecule has 0 saturated carbocycles. The number of benzene rings is 1. The van der Waals surface area contributed by atoms with Crippen molar-refractivity contribution in [1.29, 1.82) is 0 Å². The van der Waals surface area contributed by atoms with Gasteiger partial charge >= 0.3 is 5.97 Å². The summed E-state index contributed by atoms with van der Waals surface area (Å²) in [7, 11) is 1.97. The number of carbonyl (C=O) groups excluding carboxylic acids is 1. The summed E-state index contributed by atoms with van der Waals surface area (Å²) in [5, 5.41) is 10.3. The van der Waals surface area contributed by atoms with Crippen LogP contribution in [0.1, 0.15) is 18.9 Å². The molecule has 1 aliphatic heterocycles. The summed E-state index contributed by atoms with van der Waals surface area (Å²) in [5.74, 6) is -0.825. The molecule has 1 N–H and O–H groups in total. The number of hydrogen-bond donors (Lipinski definition) is 1. The van der Waals surface area contributed by atoms with E-state index in [1.807, 2.05) is 42.1 Å². The van der Waals surface area contributed by atoms with Crippen molar-refractivity contribution in [1.82, 2.24) is 9.47 Å². The monoisotopic (exact) mass is 300 g/mol. The summed E-state index contributed by atoms with van der Waals surface area (Å²) in [4.78, 5) is 25.5. The molecule has 0 bridgehead atoms. The van der Waals surface area contributed by atoms with Gasteiger partial charge in [-0.25, -0.2) is 0 Å². The molecule has 1 saturated heterocycles. The van der Waals surface area contributed by atoms with Crippen LogP contribution in [0.25, 0.3) is 10.9 Å². The van der Waals surface area contributed by atoms with Crippen LogP contribution in [0.4, 0.5) is 0 Å². The van der Waals surface area contributed by atoms with Crippen LogP contribution in [-0.2, 0) is 23.1 Å². The Bertz CT molecular complexity index is 749. The van der Waals surface area contributed by atoms with Gasteiger partial charge in [0, 0.05) is 37.2 Å². The molecular formula is C17H20N2O3. The van der Waals surface area contributed by atoms with Crippen molar-refractivity contribution in [3.05, 3.63) is 36.0 Å². The minimum Gasteiger partial charge on any atom is -0.481 e. The second kappa shape index (κ2) is 5.16. The largest absolute Gasteiger partial charge is 0.481 e. The zero-order valence-electron chi connectivity index (χ0n) is 12.9. The fourth-order valence-electron chi connectivity index (χ4n) is 3.19. The van der Waals surface area contributed by atoms with E-state index in [1.54, 1.807) is 11.8 Å². The maximum atomic E-state index is 12.5. The van der Waals surface area contributed by atoms with Crippen molar-refractivity contribution < 1.29 is 14.7 Å². The van der Waals surface area contributed by atoms with Gasteiger partial charge in [-0.1, -0.05) is 18.2 Å².